The summed E-state index contributed by atoms with van der Waals surface area (Å²) in [6, 6.07) is 7.07. The van der Waals surface area contributed by atoms with Gasteiger partial charge in [0.15, 0.2) is 5.11 Å². The van der Waals surface area contributed by atoms with E-state index < -0.39 is 0 Å². The quantitative estimate of drug-likeness (QED) is 0.649. The number of para-hydroxylation sites is 1. The Labute approximate surface area is 153 Å². The lowest BCUT2D eigenvalue weighted by Crippen LogP contribution is -2.35. The number of carbonyl (C=O) groups is 2. The maximum atomic E-state index is 12.4. The number of amides is 2. The lowest BCUT2D eigenvalue weighted by Gasteiger charge is -2.15. The van der Waals surface area contributed by atoms with E-state index >= 15 is 0 Å². The van der Waals surface area contributed by atoms with Crippen LogP contribution in [-0.2, 0) is 9.53 Å². The van der Waals surface area contributed by atoms with Crippen LogP contribution in [0.15, 0.2) is 24.3 Å². The summed E-state index contributed by atoms with van der Waals surface area (Å²) in [4.78, 5) is 24.2. The molecular weight excluding hydrogens is 338 g/mol. The molecule has 0 bridgehead atoms. The van der Waals surface area contributed by atoms with E-state index in [2.05, 4.69) is 16.0 Å². The largest absolute Gasteiger partial charge is 0.376 e. The van der Waals surface area contributed by atoms with Crippen LogP contribution in [0.4, 0.5) is 5.69 Å². The molecule has 6 nitrogen and oxygen atoms in total. The van der Waals surface area contributed by atoms with Crippen molar-refractivity contribution in [2.75, 3.05) is 18.5 Å². The minimum absolute atomic E-state index is 0.0861. The number of nitrogens with one attached hydrogen (secondary N) is 3. The number of benzene rings is 1. The summed E-state index contributed by atoms with van der Waals surface area (Å²) in [7, 11) is 0. The molecule has 2 rings (SSSR count). The smallest absolute Gasteiger partial charge is 0.253 e. The Hall–Kier alpha value is -1.99. The predicted octanol–water partition coefficient (Wildman–Crippen LogP) is 2.60. The van der Waals surface area contributed by atoms with Crippen molar-refractivity contribution in [1.29, 1.82) is 0 Å². The van der Waals surface area contributed by atoms with Gasteiger partial charge < -0.3 is 20.7 Å². The molecule has 0 aliphatic carbocycles. The molecule has 0 radical (unpaired) electrons. The van der Waals surface area contributed by atoms with Crippen LogP contribution in [0.1, 0.15) is 49.4 Å². The van der Waals surface area contributed by atoms with Gasteiger partial charge in [0, 0.05) is 19.6 Å². The Balaban J connectivity index is 1.91. The lowest BCUT2D eigenvalue weighted by atomic mass is 10.1. The van der Waals surface area contributed by atoms with Gasteiger partial charge in [-0.15, -0.1) is 0 Å². The Morgan fingerprint density at radius 3 is 2.84 bits per heavy atom. The minimum Gasteiger partial charge on any atom is -0.376 e. The van der Waals surface area contributed by atoms with Crippen LogP contribution in [0.25, 0.3) is 0 Å². The summed E-state index contributed by atoms with van der Waals surface area (Å²) in [5.74, 6) is -0.321. The summed E-state index contributed by atoms with van der Waals surface area (Å²) in [6.45, 7) is 3.27. The Morgan fingerprint density at radius 1 is 1.32 bits per heavy atom. The second kappa shape index (κ2) is 10.1. The van der Waals surface area contributed by atoms with Crippen molar-refractivity contribution in [2.24, 2.45) is 0 Å². The molecule has 0 aromatic heterocycles. The fourth-order valence-electron chi connectivity index (χ4n) is 2.58. The highest BCUT2D eigenvalue weighted by atomic mass is 32.1. The zero-order valence-corrected chi connectivity index (χ0v) is 15.3. The normalized spacial score (nSPS) is 16.3. The molecule has 1 fully saturated rings. The molecule has 1 aromatic carbocycles. The Morgan fingerprint density at radius 2 is 2.12 bits per heavy atom. The van der Waals surface area contributed by atoms with Crippen molar-refractivity contribution in [3.8, 4) is 0 Å². The number of ether oxygens (including phenoxy) is 1. The van der Waals surface area contributed by atoms with E-state index in [9.17, 15) is 9.59 Å². The summed E-state index contributed by atoms with van der Waals surface area (Å²) < 4.78 is 5.51. The van der Waals surface area contributed by atoms with E-state index in [-0.39, 0.29) is 23.0 Å². The fraction of sp³-hybridized carbons (Fsp3) is 0.500. The standard InChI is InChI=1S/C18H25N3O3S/c1-2-3-10-16(22)21-18(25)20-15-9-5-4-8-14(15)17(23)19-12-13-7-6-11-24-13/h4-5,8-9,13H,2-3,6-7,10-12H2,1H3,(H,19,23)(H2,20,21,22,25). The van der Waals surface area contributed by atoms with Gasteiger partial charge in [-0.05, 0) is 43.6 Å². The molecule has 0 spiro atoms. The van der Waals surface area contributed by atoms with Gasteiger partial charge in [-0.1, -0.05) is 25.5 Å². The van der Waals surface area contributed by atoms with Gasteiger partial charge >= 0.3 is 0 Å². The van der Waals surface area contributed by atoms with Crippen LogP contribution in [-0.4, -0.2) is 36.2 Å². The number of unbranched alkanes of at least 4 members (excludes halogenated alkanes) is 1. The first-order valence-electron chi connectivity index (χ1n) is 8.69. The van der Waals surface area contributed by atoms with E-state index in [0.717, 1.165) is 32.3 Å². The van der Waals surface area contributed by atoms with Crippen LogP contribution in [0, 0.1) is 0 Å². The number of carbonyl (C=O) groups excluding carboxylic acids is 2. The van der Waals surface area contributed by atoms with E-state index in [0.29, 0.717) is 24.2 Å². The highest BCUT2D eigenvalue weighted by Crippen LogP contribution is 2.16. The second-order valence-electron chi connectivity index (χ2n) is 6.00. The second-order valence-corrected chi connectivity index (χ2v) is 6.40. The zero-order valence-electron chi connectivity index (χ0n) is 14.5. The molecule has 1 saturated heterocycles. The first-order valence-corrected chi connectivity index (χ1v) is 9.10. The highest BCUT2D eigenvalue weighted by Gasteiger charge is 2.18. The lowest BCUT2D eigenvalue weighted by molar-refractivity contribution is -0.119. The number of hydrogen-bond donors (Lipinski definition) is 3. The first-order chi connectivity index (χ1) is 12.1. The Bertz CT molecular complexity index is 615. The van der Waals surface area contributed by atoms with E-state index in [1.165, 1.54) is 0 Å². The zero-order chi connectivity index (χ0) is 18.1. The van der Waals surface area contributed by atoms with Crippen molar-refractivity contribution >= 4 is 34.8 Å². The van der Waals surface area contributed by atoms with Crippen LogP contribution in [0.3, 0.4) is 0 Å². The molecule has 2 amide bonds. The van der Waals surface area contributed by atoms with Gasteiger partial charge in [0.2, 0.25) is 5.91 Å². The SMILES string of the molecule is CCCCC(=O)NC(=S)Nc1ccccc1C(=O)NCC1CCCO1. The number of hydrogen-bond acceptors (Lipinski definition) is 4. The molecule has 7 heteroatoms. The number of anilines is 1. The summed E-state index contributed by atoms with van der Waals surface area (Å²) in [6.07, 6.45) is 4.28. The Kier molecular flexibility index (Phi) is 7.81. The molecular formula is C18H25N3O3S. The molecule has 3 N–H and O–H groups in total. The van der Waals surface area contributed by atoms with Crippen LogP contribution < -0.4 is 16.0 Å². The summed E-state index contributed by atoms with van der Waals surface area (Å²) >= 11 is 5.17. The molecule has 1 unspecified atom stereocenters. The number of thiocarbonyl (C=S) groups is 1. The molecule has 1 aliphatic rings. The van der Waals surface area contributed by atoms with Gasteiger partial charge in [0.1, 0.15) is 0 Å². The van der Waals surface area contributed by atoms with E-state index in [1.54, 1.807) is 24.3 Å². The third-order valence-electron chi connectivity index (χ3n) is 3.94. The molecule has 1 aromatic rings. The average molecular weight is 363 g/mol. The van der Waals surface area contributed by atoms with Crippen molar-refractivity contribution < 1.29 is 14.3 Å². The van der Waals surface area contributed by atoms with Gasteiger partial charge in [-0.3, -0.25) is 9.59 Å². The van der Waals surface area contributed by atoms with Crippen LogP contribution in [0.2, 0.25) is 0 Å². The van der Waals surface area contributed by atoms with Gasteiger partial charge in [0.25, 0.3) is 5.91 Å². The van der Waals surface area contributed by atoms with Gasteiger partial charge in [-0.2, -0.15) is 0 Å². The van der Waals surface area contributed by atoms with Crippen molar-refractivity contribution in [3.05, 3.63) is 29.8 Å². The average Bonchev–Trinajstić information content (AvgIpc) is 3.11. The third kappa shape index (κ3) is 6.43. The molecule has 0 saturated carbocycles. The molecule has 136 valence electrons. The van der Waals surface area contributed by atoms with Crippen molar-refractivity contribution in [2.45, 2.75) is 45.1 Å². The minimum atomic E-state index is -0.196. The summed E-state index contributed by atoms with van der Waals surface area (Å²) in [5, 5.41) is 8.65. The first kappa shape index (κ1) is 19.3. The van der Waals surface area contributed by atoms with Crippen molar-refractivity contribution in [3.63, 3.8) is 0 Å². The van der Waals surface area contributed by atoms with E-state index in [1.807, 2.05) is 6.92 Å². The third-order valence-corrected chi connectivity index (χ3v) is 4.15. The molecule has 1 aliphatic heterocycles. The van der Waals surface area contributed by atoms with Crippen molar-refractivity contribution in [1.82, 2.24) is 10.6 Å². The van der Waals surface area contributed by atoms with Gasteiger partial charge in [-0.25, -0.2) is 0 Å². The summed E-state index contributed by atoms with van der Waals surface area (Å²) in [5.41, 5.74) is 1.04. The topological polar surface area (TPSA) is 79.5 Å². The van der Waals surface area contributed by atoms with E-state index in [4.69, 9.17) is 17.0 Å². The molecule has 25 heavy (non-hydrogen) atoms. The molecule has 1 heterocycles. The maximum absolute atomic E-state index is 12.4. The number of rotatable bonds is 7. The highest BCUT2D eigenvalue weighted by molar-refractivity contribution is 7.80. The maximum Gasteiger partial charge on any atom is 0.253 e. The van der Waals surface area contributed by atoms with Gasteiger partial charge in [0.05, 0.1) is 17.4 Å². The fourth-order valence-corrected chi connectivity index (χ4v) is 2.80. The molecule has 1 atom stereocenters. The van der Waals surface area contributed by atoms with Crippen LogP contribution in [0.5, 0.6) is 0 Å². The van der Waals surface area contributed by atoms with Crippen LogP contribution >= 0.6 is 12.2 Å². The predicted molar refractivity (Wildman–Crippen MR) is 102 cm³/mol. The monoisotopic (exact) mass is 363 g/mol.